The molecular formula is C11H19N5O4P2. The van der Waals surface area contributed by atoms with Gasteiger partial charge in [0.1, 0.15) is 0 Å². The zero-order chi connectivity index (χ0) is 16.2. The highest BCUT2D eigenvalue weighted by Gasteiger charge is 2.11. The highest BCUT2D eigenvalue weighted by Crippen LogP contribution is 2.41. The largest absolute Gasteiger partial charge is 0.369 e. The molecule has 0 bridgehead atoms. The van der Waals surface area contributed by atoms with Crippen molar-refractivity contribution in [2.24, 2.45) is 0 Å². The molecule has 0 spiro atoms. The Morgan fingerprint density at radius 2 is 2.14 bits per heavy atom. The van der Waals surface area contributed by atoms with E-state index in [0.29, 0.717) is 20.8 Å². The molecule has 0 saturated heterocycles. The number of fused-ring (bicyclic) bond motifs is 1. The Morgan fingerprint density at radius 3 is 2.86 bits per heavy atom. The van der Waals surface area contributed by atoms with Crippen molar-refractivity contribution in [1.82, 2.24) is 19.5 Å². The molecule has 2 aromatic heterocycles. The summed E-state index contributed by atoms with van der Waals surface area (Å²) in [5, 5.41) is 0. The first-order valence-electron chi connectivity index (χ1n) is 6.83. The molecule has 0 saturated carbocycles. The molecule has 9 nitrogen and oxygen atoms in total. The number of nitrogen functional groups attached to an aromatic ring is 1. The van der Waals surface area contributed by atoms with Crippen molar-refractivity contribution in [3.8, 4) is 0 Å². The van der Waals surface area contributed by atoms with E-state index in [1.165, 1.54) is 0 Å². The summed E-state index contributed by atoms with van der Waals surface area (Å²) in [6, 6.07) is 0. The Morgan fingerprint density at radius 1 is 1.36 bits per heavy atom. The third kappa shape index (κ3) is 4.88. The van der Waals surface area contributed by atoms with Crippen molar-refractivity contribution in [1.29, 1.82) is 0 Å². The van der Waals surface area contributed by atoms with Crippen molar-refractivity contribution in [3.05, 3.63) is 16.7 Å². The molecule has 2 heterocycles. The maximum Gasteiger partial charge on any atom is 0.329 e. The third-order valence-corrected chi connectivity index (χ3v) is 6.31. The lowest BCUT2D eigenvalue weighted by Crippen LogP contribution is -2.12. The lowest BCUT2D eigenvalue weighted by Gasteiger charge is -2.05. The quantitative estimate of drug-likeness (QED) is 0.405. The van der Waals surface area contributed by atoms with Gasteiger partial charge in [0, 0.05) is 6.54 Å². The first kappa shape index (κ1) is 17.1. The minimum absolute atomic E-state index is 0.0227. The Balaban J connectivity index is 1.78. The lowest BCUT2D eigenvalue weighted by atomic mass is 10.2. The molecule has 5 N–H and O–H groups in total. The van der Waals surface area contributed by atoms with Crippen LogP contribution in [0.5, 0.6) is 0 Å². The van der Waals surface area contributed by atoms with Gasteiger partial charge in [-0.25, -0.2) is 4.98 Å². The smallest absolute Gasteiger partial charge is 0.329 e. The molecule has 122 valence electrons. The van der Waals surface area contributed by atoms with Crippen LogP contribution in [0.3, 0.4) is 0 Å². The van der Waals surface area contributed by atoms with Gasteiger partial charge in [-0.2, -0.15) is 4.98 Å². The highest BCUT2D eigenvalue weighted by molar-refractivity contribution is 7.64. The molecular weight excluding hydrogens is 328 g/mol. The van der Waals surface area contributed by atoms with Crippen molar-refractivity contribution < 1.29 is 14.4 Å². The summed E-state index contributed by atoms with van der Waals surface area (Å²) in [4.78, 5) is 39.7. The number of nitrogens with two attached hydrogens (primary N) is 1. The summed E-state index contributed by atoms with van der Waals surface area (Å²) in [5.41, 5.74) is 5.93. The van der Waals surface area contributed by atoms with Crippen LogP contribution < -0.4 is 11.3 Å². The second-order valence-electron chi connectivity index (χ2n) is 4.94. The molecule has 1 atom stereocenters. The fraction of sp³-hybridized carbons (Fsp3) is 0.545. The van der Waals surface area contributed by atoms with E-state index < -0.39 is 7.60 Å². The van der Waals surface area contributed by atoms with Crippen LogP contribution in [-0.4, -0.2) is 41.4 Å². The summed E-state index contributed by atoms with van der Waals surface area (Å²) < 4.78 is 12.5. The second-order valence-corrected chi connectivity index (χ2v) is 8.54. The van der Waals surface area contributed by atoms with Crippen LogP contribution in [0.25, 0.3) is 11.2 Å². The van der Waals surface area contributed by atoms with Crippen LogP contribution in [0.1, 0.15) is 19.3 Å². The van der Waals surface area contributed by atoms with E-state index in [2.05, 4.69) is 15.0 Å². The van der Waals surface area contributed by atoms with Crippen molar-refractivity contribution in [3.63, 3.8) is 0 Å². The van der Waals surface area contributed by atoms with E-state index >= 15 is 0 Å². The van der Waals surface area contributed by atoms with E-state index in [0.717, 1.165) is 25.4 Å². The summed E-state index contributed by atoms with van der Waals surface area (Å²) in [7, 11) is -3.56. The van der Waals surface area contributed by atoms with E-state index in [1.807, 2.05) is 0 Å². The van der Waals surface area contributed by atoms with Gasteiger partial charge in [0.15, 0.2) is 11.2 Å². The number of aryl methyl sites for hydroxylation is 1. The molecule has 0 aliphatic heterocycles. The number of imidazole rings is 1. The van der Waals surface area contributed by atoms with Gasteiger partial charge < -0.3 is 20.1 Å². The number of hydrogen-bond donors (Lipinski definition) is 4. The predicted octanol–water partition coefficient (Wildman–Crippen LogP) is 0.686. The van der Waals surface area contributed by atoms with Crippen LogP contribution in [0.15, 0.2) is 11.1 Å². The Labute approximate surface area is 128 Å². The average molecular weight is 347 g/mol. The number of unbranched alkanes of at least 4 members (excludes halogenated alkanes) is 2. The van der Waals surface area contributed by atoms with E-state index in [4.69, 9.17) is 15.5 Å². The number of nitrogens with one attached hydrogen (secondary N) is 1. The molecule has 1 unspecified atom stereocenters. The molecule has 0 aliphatic rings. The number of anilines is 1. The molecule has 0 radical (unpaired) electrons. The number of H-pyrrole nitrogens is 1. The third-order valence-electron chi connectivity index (χ3n) is 3.06. The normalized spacial score (nSPS) is 12.6. The zero-order valence-electron chi connectivity index (χ0n) is 11.9. The van der Waals surface area contributed by atoms with Gasteiger partial charge in [-0.3, -0.25) is 14.3 Å². The number of nitrogens with zero attached hydrogens (tertiary/aromatic N) is 3. The molecule has 0 fully saturated rings. The van der Waals surface area contributed by atoms with Crippen LogP contribution in [-0.2, 0) is 11.1 Å². The van der Waals surface area contributed by atoms with Crippen molar-refractivity contribution in [2.45, 2.75) is 25.8 Å². The first-order valence-corrected chi connectivity index (χ1v) is 10.0. The fourth-order valence-electron chi connectivity index (χ4n) is 2.07. The van der Waals surface area contributed by atoms with E-state index in [-0.39, 0.29) is 22.9 Å². The van der Waals surface area contributed by atoms with Gasteiger partial charge in [0.05, 0.1) is 12.2 Å². The van der Waals surface area contributed by atoms with E-state index in [9.17, 15) is 9.36 Å². The van der Waals surface area contributed by atoms with Crippen molar-refractivity contribution in [2.75, 3.05) is 17.8 Å². The topological polar surface area (TPSA) is 147 Å². The van der Waals surface area contributed by atoms with Gasteiger partial charge >= 0.3 is 7.60 Å². The maximum absolute atomic E-state index is 11.6. The zero-order valence-corrected chi connectivity index (χ0v) is 13.8. The summed E-state index contributed by atoms with van der Waals surface area (Å²) in [6.07, 6.45) is 5.12. The van der Waals surface area contributed by atoms with Gasteiger partial charge in [-0.15, -0.1) is 8.58 Å². The monoisotopic (exact) mass is 347 g/mol. The number of hydrogen-bond acceptors (Lipinski definition) is 5. The molecule has 22 heavy (non-hydrogen) atoms. The van der Waals surface area contributed by atoms with Crippen LogP contribution in [0.2, 0.25) is 0 Å². The Bertz CT molecular complexity index is 738. The van der Waals surface area contributed by atoms with Crippen molar-refractivity contribution >= 4 is 33.3 Å². The Hall–Kier alpha value is -1.27. The van der Waals surface area contributed by atoms with Gasteiger partial charge in [-0.1, -0.05) is 6.42 Å². The van der Waals surface area contributed by atoms with Crippen LogP contribution in [0, 0.1) is 0 Å². The predicted molar refractivity (Wildman–Crippen MR) is 86.5 cm³/mol. The second kappa shape index (κ2) is 7.33. The molecule has 2 aromatic rings. The SMILES string of the molecule is Nc1nc2c(ncn2CCCCCPCP(=O)(O)O)c(=O)[nH]1. The number of rotatable bonds is 8. The standard InChI is InChI=1S/C11H19N5O4P2/c12-11-14-9-8(10(17)15-11)13-6-16(9)4-2-1-3-5-21-7-22(18,19)20/h6,21H,1-5,7H2,(H2,18,19,20)(H3,12,14,15,17). The average Bonchev–Trinajstić information content (AvgIpc) is 2.80. The van der Waals surface area contributed by atoms with E-state index in [1.54, 1.807) is 10.9 Å². The lowest BCUT2D eigenvalue weighted by molar-refractivity contribution is 0.379. The maximum atomic E-state index is 11.6. The molecule has 2 rings (SSSR count). The number of aromatic nitrogens is 4. The number of aromatic amines is 1. The molecule has 0 amide bonds. The minimum Gasteiger partial charge on any atom is -0.369 e. The van der Waals surface area contributed by atoms with Crippen LogP contribution in [0.4, 0.5) is 5.95 Å². The van der Waals surface area contributed by atoms with Gasteiger partial charge in [0.25, 0.3) is 5.56 Å². The summed E-state index contributed by atoms with van der Waals surface area (Å²) in [6.45, 7) is 0.675. The molecule has 0 aliphatic carbocycles. The fourth-order valence-corrected chi connectivity index (χ4v) is 4.37. The Kier molecular flexibility index (Phi) is 5.69. The molecule has 11 heteroatoms. The highest BCUT2D eigenvalue weighted by atomic mass is 31.2. The summed E-state index contributed by atoms with van der Waals surface area (Å²) in [5.74, 6) is 0.0448. The van der Waals surface area contributed by atoms with Gasteiger partial charge in [-0.05, 0) is 19.0 Å². The summed E-state index contributed by atoms with van der Waals surface area (Å²) >= 11 is 0. The first-order chi connectivity index (χ1) is 10.4. The van der Waals surface area contributed by atoms with Crippen LogP contribution >= 0.6 is 16.2 Å². The minimum atomic E-state index is -3.85. The van der Waals surface area contributed by atoms with Gasteiger partial charge in [0.2, 0.25) is 5.95 Å². The molecule has 0 aromatic carbocycles.